The standard InChI is InChI=1S/C11H12FNO3/c12-8-1-3-9(4-2-8)13-5-11(10(14)15)6-16-7-11/h1-4,13H,5-7H2,(H,14,15). The first-order valence-electron chi connectivity index (χ1n) is 4.93. The number of hydrogen-bond donors (Lipinski definition) is 2. The zero-order valence-corrected chi connectivity index (χ0v) is 8.57. The first kappa shape index (κ1) is 10.9. The maximum absolute atomic E-state index is 12.6. The largest absolute Gasteiger partial charge is 0.481 e. The fourth-order valence-corrected chi connectivity index (χ4v) is 1.49. The maximum atomic E-state index is 12.6. The van der Waals surface area contributed by atoms with Gasteiger partial charge >= 0.3 is 5.97 Å². The van der Waals surface area contributed by atoms with E-state index < -0.39 is 11.4 Å². The Kier molecular flexibility index (Phi) is 2.78. The van der Waals surface area contributed by atoms with Gasteiger partial charge in [-0.25, -0.2) is 4.39 Å². The van der Waals surface area contributed by atoms with Crippen molar-refractivity contribution in [3.63, 3.8) is 0 Å². The third kappa shape index (κ3) is 1.99. The molecule has 0 atom stereocenters. The molecule has 1 aromatic carbocycles. The Morgan fingerprint density at radius 3 is 2.50 bits per heavy atom. The van der Waals surface area contributed by atoms with E-state index in [4.69, 9.17) is 9.84 Å². The van der Waals surface area contributed by atoms with Crippen LogP contribution in [-0.4, -0.2) is 30.8 Å². The van der Waals surface area contributed by atoms with E-state index in [1.165, 1.54) is 12.1 Å². The van der Waals surface area contributed by atoms with Gasteiger partial charge in [-0.05, 0) is 24.3 Å². The molecule has 86 valence electrons. The van der Waals surface area contributed by atoms with E-state index in [1.54, 1.807) is 12.1 Å². The van der Waals surface area contributed by atoms with Crippen LogP contribution in [0, 0.1) is 11.2 Å². The first-order valence-corrected chi connectivity index (χ1v) is 4.93. The molecule has 0 unspecified atom stereocenters. The second kappa shape index (κ2) is 4.09. The van der Waals surface area contributed by atoms with E-state index in [0.29, 0.717) is 5.69 Å². The van der Waals surface area contributed by atoms with Gasteiger partial charge < -0.3 is 15.2 Å². The molecule has 0 bridgehead atoms. The molecule has 0 saturated carbocycles. The Labute approximate surface area is 92.0 Å². The smallest absolute Gasteiger partial charge is 0.316 e. The van der Waals surface area contributed by atoms with Crippen LogP contribution >= 0.6 is 0 Å². The minimum absolute atomic E-state index is 0.219. The summed E-state index contributed by atoms with van der Waals surface area (Å²) in [4.78, 5) is 11.0. The lowest BCUT2D eigenvalue weighted by molar-refractivity contribution is -0.176. The number of hydrogen-bond acceptors (Lipinski definition) is 3. The van der Waals surface area contributed by atoms with Crippen LogP contribution in [0.4, 0.5) is 10.1 Å². The van der Waals surface area contributed by atoms with Crippen LogP contribution < -0.4 is 5.32 Å². The van der Waals surface area contributed by atoms with Crippen molar-refractivity contribution in [2.75, 3.05) is 25.1 Å². The molecule has 4 nitrogen and oxygen atoms in total. The van der Waals surface area contributed by atoms with Gasteiger partial charge in [0.05, 0.1) is 13.2 Å². The highest BCUT2D eigenvalue weighted by Gasteiger charge is 2.46. The summed E-state index contributed by atoms with van der Waals surface area (Å²) in [5.74, 6) is -1.18. The van der Waals surface area contributed by atoms with Gasteiger partial charge in [0.25, 0.3) is 0 Å². The molecule has 0 radical (unpaired) electrons. The second-order valence-electron chi connectivity index (χ2n) is 3.94. The number of benzene rings is 1. The number of carbonyl (C=O) groups is 1. The number of nitrogens with one attached hydrogen (secondary N) is 1. The van der Waals surface area contributed by atoms with E-state index in [0.717, 1.165) is 0 Å². The second-order valence-corrected chi connectivity index (χ2v) is 3.94. The summed E-state index contributed by atoms with van der Waals surface area (Å²) < 4.78 is 17.6. The number of aliphatic carboxylic acids is 1. The van der Waals surface area contributed by atoms with E-state index in [2.05, 4.69) is 5.32 Å². The summed E-state index contributed by atoms with van der Waals surface area (Å²) in [5, 5.41) is 12.0. The Balaban J connectivity index is 1.96. The van der Waals surface area contributed by atoms with Crippen molar-refractivity contribution < 1.29 is 19.0 Å². The lowest BCUT2D eigenvalue weighted by Gasteiger charge is -2.37. The summed E-state index contributed by atoms with van der Waals surface area (Å²) in [7, 11) is 0. The highest BCUT2D eigenvalue weighted by Crippen LogP contribution is 2.28. The number of ether oxygens (including phenoxy) is 1. The molecule has 5 heteroatoms. The van der Waals surface area contributed by atoms with Crippen LogP contribution in [0.3, 0.4) is 0 Å². The molecule has 2 N–H and O–H groups in total. The van der Waals surface area contributed by atoms with Crippen LogP contribution in [0.2, 0.25) is 0 Å². The lowest BCUT2D eigenvalue weighted by atomic mass is 9.86. The van der Waals surface area contributed by atoms with E-state index in [1.807, 2.05) is 0 Å². The van der Waals surface area contributed by atoms with Gasteiger partial charge in [0.15, 0.2) is 0 Å². The molecular weight excluding hydrogens is 213 g/mol. The Bertz CT molecular complexity index is 387. The van der Waals surface area contributed by atoms with E-state index in [9.17, 15) is 9.18 Å². The van der Waals surface area contributed by atoms with Crippen molar-refractivity contribution in [1.82, 2.24) is 0 Å². The summed E-state index contributed by atoms with van der Waals surface area (Å²) in [5.41, 5.74) is -0.136. The minimum atomic E-state index is -0.867. The predicted molar refractivity (Wildman–Crippen MR) is 55.8 cm³/mol. The third-order valence-corrected chi connectivity index (χ3v) is 2.69. The molecular formula is C11H12FNO3. The minimum Gasteiger partial charge on any atom is -0.481 e. The van der Waals surface area contributed by atoms with E-state index >= 15 is 0 Å². The Morgan fingerprint density at radius 1 is 1.44 bits per heavy atom. The average molecular weight is 225 g/mol. The summed E-state index contributed by atoms with van der Waals surface area (Å²) >= 11 is 0. The topological polar surface area (TPSA) is 58.6 Å². The van der Waals surface area contributed by atoms with Crippen molar-refractivity contribution in [1.29, 1.82) is 0 Å². The average Bonchev–Trinajstić information content (AvgIpc) is 2.18. The lowest BCUT2D eigenvalue weighted by Crippen LogP contribution is -2.53. The highest BCUT2D eigenvalue weighted by molar-refractivity contribution is 5.76. The molecule has 1 aromatic rings. The third-order valence-electron chi connectivity index (χ3n) is 2.69. The number of rotatable bonds is 4. The zero-order chi connectivity index (χ0) is 11.6. The fraction of sp³-hybridized carbons (Fsp3) is 0.364. The molecule has 0 aromatic heterocycles. The maximum Gasteiger partial charge on any atom is 0.316 e. The zero-order valence-electron chi connectivity index (χ0n) is 8.57. The van der Waals surface area contributed by atoms with Gasteiger partial charge in [-0.1, -0.05) is 0 Å². The molecule has 16 heavy (non-hydrogen) atoms. The Hall–Kier alpha value is -1.62. The van der Waals surface area contributed by atoms with Gasteiger partial charge in [0.1, 0.15) is 11.2 Å². The van der Waals surface area contributed by atoms with Crippen LogP contribution in [0.25, 0.3) is 0 Å². The monoisotopic (exact) mass is 225 g/mol. The van der Waals surface area contributed by atoms with Crippen LogP contribution in [0.5, 0.6) is 0 Å². The van der Waals surface area contributed by atoms with Crippen molar-refractivity contribution in [2.24, 2.45) is 5.41 Å². The van der Waals surface area contributed by atoms with Crippen LogP contribution in [0.15, 0.2) is 24.3 Å². The predicted octanol–water partition coefficient (Wildman–Crippen LogP) is 1.34. The molecule has 1 aliphatic heterocycles. The van der Waals surface area contributed by atoms with Gasteiger partial charge in [-0.3, -0.25) is 4.79 Å². The summed E-state index contributed by atoms with van der Waals surface area (Å²) in [6.45, 7) is 0.723. The molecule has 2 rings (SSSR count). The first-order chi connectivity index (χ1) is 7.62. The molecule has 0 spiro atoms. The van der Waals surface area contributed by atoms with Crippen LogP contribution in [0.1, 0.15) is 0 Å². The summed E-state index contributed by atoms with van der Waals surface area (Å²) in [6.07, 6.45) is 0. The molecule has 1 fully saturated rings. The van der Waals surface area contributed by atoms with E-state index in [-0.39, 0.29) is 25.6 Å². The van der Waals surface area contributed by atoms with Crippen molar-refractivity contribution in [3.05, 3.63) is 30.1 Å². The normalized spacial score (nSPS) is 17.6. The van der Waals surface area contributed by atoms with Crippen molar-refractivity contribution in [3.8, 4) is 0 Å². The number of carboxylic acid groups (broad SMARTS) is 1. The van der Waals surface area contributed by atoms with Gasteiger partial charge in [-0.2, -0.15) is 0 Å². The number of anilines is 1. The van der Waals surface area contributed by atoms with Crippen LogP contribution in [-0.2, 0) is 9.53 Å². The van der Waals surface area contributed by atoms with Gasteiger partial charge in [0, 0.05) is 12.2 Å². The summed E-state index contributed by atoms with van der Waals surface area (Å²) in [6, 6.07) is 5.80. The molecule has 1 saturated heterocycles. The molecule has 0 amide bonds. The fourth-order valence-electron chi connectivity index (χ4n) is 1.49. The Morgan fingerprint density at radius 2 is 2.06 bits per heavy atom. The SMILES string of the molecule is O=C(O)C1(CNc2ccc(F)cc2)COC1. The van der Waals surface area contributed by atoms with Crippen molar-refractivity contribution in [2.45, 2.75) is 0 Å². The van der Waals surface area contributed by atoms with Gasteiger partial charge in [-0.15, -0.1) is 0 Å². The molecule has 1 aliphatic rings. The van der Waals surface area contributed by atoms with Crippen molar-refractivity contribution >= 4 is 11.7 Å². The number of carboxylic acids is 1. The molecule has 0 aliphatic carbocycles. The number of halogens is 1. The molecule has 1 heterocycles. The quantitative estimate of drug-likeness (QED) is 0.811. The van der Waals surface area contributed by atoms with Gasteiger partial charge in [0.2, 0.25) is 0 Å². The highest BCUT2D eigenvalue weighted by atomic mass is 19.1.